The van der Waals surface area contributed by atoms with Crippen LogP contribution in [0.2, 0.25) is 0 Å². The maximum Gasteiger partial charge on any atom is 0.310 e. The van der Waals surface area contributed by atoms with Crippen molar-refractivity contribution < 1.29 is 19.4 Å². The first-order valence-corrected chi connectivity index (χ1v) is 8.76. The van der Waals surface area contributed by atoms with Crippen molar-refractivity contribution in [3.63, 3.8) is 0 Å². The zero-order valence-electron chi connectivity index (χ0n) is 14.2. The predicted octanol–water partition coefficient (Wildman–Crippen LogP) is 1.81. The maximum absolute atomic E-state index is 12.1. The molecular formula is C19H24N2O4. The lowest BCUT2D eigenvalue weighted by Crippen LogP contribution is -2.32. The third kappa shape index (κ3) is 4.60. The van der Waals surface area contributed by atoms with E-state index in [9.17, 15) is 9.59 Å². The summed E-state index contributed by atoms with van der Waals surface area (Å²) in [5.74, 6) is -0.477. The molecule has 2 atom stereocenters. The van der Waals surface area contributed by atoms with E-state index in [1.54, 1.807) is 6.08 Å². The van der Waals surface area contributed by atoms with Crippen LogP contribution in [0.15, 0.2) is 36.4 Å². The molecule has 1 saturated heterocycles. The smallest absolute Gasteiger partial charge is 0.310 e. The number of para-hydroxylation sites is 1. The fraction of sp³-hybridized carbons (Fsp3) is 0.474. The number of likely N-dealkylation sites (tertiary alicyclic amines) is 1. The van der Waals surface area contributed by atoms with E-state index >= 15 is 0 Å². The van der Waals surface area contributed by atoms with Gasteiger partial charge in [0.1, 0.15) is 5.75 Å². The van der Waals surface area contributed by atoms with E-state index in [4.69, 9.17) is 9.84 Å². The molecule has 3 rings (SSSR count). The quantitative estimate of drug-likeness (QED) is 0.738. The van der Waals surface area contributed by atoms with Gasteiger partial charge in [-0.1, -0.05) is 30.4 Å². The molecule has 134 valence electrons. The van der Waals surface area contributed by atoms with Gasteiger partial charge in [0, 0.05) is 31.2 Å². The average Bonchev–Trinajstić information content (AvgIpc) is 3.30. The molecule has 0 saturated carbocycles. The van der Waals surface area contributed by atoms with Gasteiger partial charge in [0.15, 0.2) is 6.61 Å². The second kappa shape index (κ2) is 8.16. The summed E-state index contributed by atoms with van der Waals surface area (Å²) in [6.07, 6.45) is 6.33. The van der Waals surface area contributed by atoms with Gasteiger partial charge in [0.05, 0.1) is 5.92 Å². The molecule has 2 aliphatic rings. The number of hydrogen-bond donors (Lipinski definition) is 2. The number of amides is 1. The van der Waals surface area contributed by atoms with E-state index in [0.717, 1.165) is 31.5 Å². The van der Waals surface area contributed by atoms with Gasteiger partial charge >= 0.3 is 5.97 Å². The Morgan fingerprint density at radius 1 is 1.20 bits per heavy atom. The molecule has 1 fully saturated rings. The molecule has 1 aliphatic heterocycles. The van der Waals surface area contributed by atoms with E-state index in [1.165, 1.54) is 0 Å². The zero-order chi connectivity index (χ0) is 17.6. The van der Waals surface area contributed by atoms with E-state index in [-0.39, 0.29) is 18.6 Å². The number of carboxylic acid groups (broad SMARTS) is 1. The van der Waals surface area contributed by atoms with Crippen LogP contribution in [0.4, 0.5) is 0 Å². The molecule has 1 aliphatic carbocycles. The number of benzene rings is 1. The van der Waals surface area contributed by atoms with Gasteiger partial charge in [-0.25, -0.2) is 0 Å². The SMILES string of the molecule is O=C(O)C1C=CC(NCc2ccccc2OCC(=O)N2CCCC2)C1. The largest absolute Gasteiger partial charge is 0.483 e. The number of hydrogen-bond acceptors (Lipinski definition) is 4. The monoisotopic (exact) mass is 344 g/mol. The number of carbonyl (C=O) groups is 2. The van der Waals surface area contributed by atoms with Crippen molar-refractivity contribution in [2.75, 3.05) is 19.7 Å². The van der Waals surface area contributed by atoms with Gasteiger partial charge in [-0.2, -0.15) is 0 Å². The van der Waals surface area contributed by atoms with E-state index < -0.39 is 11.9 Å². The Hall–Kier alpha value is -2.34. The van der Waals surface area contributed by atoms with Gasteiger partial charge < -0.3 is 20.1 Å². The minimum atomic E-state index is -0.787. The Morgan fingerprint density at radius 3 is 2.68 bits per heavy atom. The molecule has 2 N–H and O–H groups in total. The molecule has 25 heavy (non-hydrogen) atoms. The minimum absolute atomic E-state index is 0.0308. The molecular weight excluding hydrogens is 320 g/mol. The fourth-order valence-corrected chi connectivity index (χ4v) is 3.26. The van der Waals surface area contributed by atoms with Crippen LogP contribution in [-0.2, 0) is 16.1 Å². The number of carbonyl (C=O) groups excluding carboxylic acids is 1. The summed E-state index contributed by atoms with van der Waals surface area (Å²) in [5, 5.41) is 12.4. The number of ether oxygens (including phenoxy) is 1. The van der Waals surface area contributed by atoms with Crippen LogP contribution in [0.1, 0.15) is 24.8 Å². The van der Waals surface area contributed by atoms with Crippen molar-refractivity contribution in [3.8, 4) is 5.75 Å². The molecule has 0 radical (unpaired) electrons. The summed E-state index contributed by atoms with van der Waals surface area (Å²) < 4.78 is 5.74. The van der Waals surface area contributed by atoms with Crippen LogP contribution in [0, 0.1) is 5.92 Å². The third-order valence-corrected chi connectivity index (χ3v) is 4.74. The van der Waals surface area contributed by atoms with Crippen LogP contribution in [0.5, 0.6) is 5.75 Å². The van der Waals surface area contributed by atoms with E-state index in [2.05, 4.69) is 5.32 Å². The van der Waals surface area contributed by atoms with Gasteiger partial charge in [0.25, 0.3) is 5.91 Å². The number of carboxylic acids is 1. The highest BCUT2D eigenvalue weighted by molar-refractivity contribution is 5.78. The van der Waals surface area contributed by atoms with E-state index in [0.29, 0.717) is 18.7 Å². The van der Waals surface area contributed by atoms with Gasteiger partial charge in [-0.05, 0) is 25.3 Å². The molecule has 0 aromatic heterocycles. The van der Waals surface area contributed by atoms with Gasteiger partial charge in [0.2, 0.25) is 0 Å². The normalized spacial score (nSPS) is 22.3. The van der Waals surface area contributed by atoms with Crippen molar-refractivity contribution in [1.29, 1.82) is 0 Å². The maximum atomic E-state index is 12.1. The molecule has 6 heteroatoms. The highest BCUT2D eigenvalue weighted by Crippen LogP contribution is 2.21. The highest BCUT2D eigenvalue weighted by atomic mass is 16.5. The first-order valence-electron chi connectivity index (χ1n) is 8.76. The summed E-state index contributed by atoms with van der Waals surface area (Å²) in [4.78, 5) is 25.0. The highest BCUT2D eigenvalue weighted by Gasteiger charge is 2.24. The number of nitrogens with zero attached hydrogens (tertiary/aromatic N) is 1. The number of rotatable bonds is 7. The van der Waals surface area contributed by atoms with Gasteiger partial charge in [-0.15, -0.1) is 0 Å². The van der Waals surface area contributed by atoms with Crippen molar-refractivity contribution in [3.05, 3.63) is 42.0 Å². The molecule has 1 amide bonds. The Labute approximate surface area is 147 Å². The number of aliphatic carboxylic acids is 1. The standard InChI is InChI=1S/C19H24N2O4/c22-18(21-9-3-4-10-21)13-25-17-6-2-1-5-15(17)12-20-16-8-7-14(11-16)19(23)24/h1-2,5-8,14,16,20H,3-4,9-13H2,(H,23,24). The van der Waals surface area contributed by atoms with Crippen molar-refractivity contribution in [2.45, 2.75) is 31.8 Å². The topological polar surface area (TPSA) is 78.9 Å². The van der Waals surface area contributed by atoms with Crippen molar-refractivity contribution in [2.24, 2.45) is 5.92 Å². The number of nitrogens with one attached hydrogen (secondary N) is 1. The molecule has 6 nitrogen and oxygen atoms in total. The lowest BCUT2D eigenvalue weighted by Gasteiger charge is -2.18. The van der Waals surface area contributed by atoms with Gasteiger partial charge in [-0.3, -0.25) is 9.59 Å². The van der Waals surface area contributed by atoms with Crippen LogP contribution >= 0.6 is 0 Å². The lowest BCUT2D eigenvalue weighted by atomic mass is 10.1. The fourth-order valence-electron chi connectivity index (χ4n) is 3.26. The molecule has 1 aromatic rings. The Morgan fingerprint density at radius 2 is 1.96 bits per heavy atom. The Bertz CT molecular complexity index is 653. The average molecular weight is 344 g/mol. The van der Waals surface area contributed by atoms with Crippen LogP contribution < -0.4 is 10.1 Å². The first-order chi connectivity index (χ1) is 12.1. The summed E-state index contributed by atoms with van der Waals surface area (Å²) in [6.45, 7) is 2.27. The first kappa shape index (κ1) is 17.5. The zero-order valence-corrected chi connectivity index (χ0v) is 14.2. The Balaban J connectivity index is 1.51. The summed E-state index contributed by atoms with van der Waals surface area (Å²) in [6, 6.07) is 7.67. The molecule has 1 heterocycles. The second-order valence-electron chi connectivity index (χ2n) is 6.54. The summed E-state index contributed by atoms with van der Waals surface area (Å²) in [5.41, 5.74) is 0.962. The van der Waals surface area contributed by atoms with Crippen LogP contribution in [-0.4, -0.2) is 47.6 Å². The lowest BCUT2D eigenvalue weighted by molar-refractivity contribution is -0.140. The molecule has 2 unspecified atom stereocenters. The molecule has 0 bridgehead atoms. The van der Waals surface area contributed by atoms with Crippen molar-refractivity contribution in [1.82, 2.24) is 10.2 Å². The summed E-state index contributed by atoms with van der Waals surface area (Å²) in [7, 11) is 0. The third-order valence-electron chi connectivity index (χ3n) is 4.74. The van der Waals surface area contributed by atoms with Crippen LogP contribution in [0.3, 0.4) is 0 Å². The summed E-state index contributed by atoms with van der Waals surface area (Å²) >= 11 is 0. The van der Waals surface area contributed by atoms with Crippen molar-refractivity contribution >= 4 is 11.9 Å². The predicted molar refractivity (Wildman–Crippen MR) is 93.3 cm³/mol. The molecule has 1 aromatic carbocycles. The van der Waals surface area contributed by atoms with E-state index in [1.807, 2.05) is 35.2 Å². The molecule has 0 spiro atoms. The van der Waals surface area contributed by atoms with Crippen LogP contribution in [0.25, 0.3) is 0 Å². The second-order valence-corrected chi connectivity index (χ2v) is 6.54. The minimum Gasteiger partial charge on any atom is -0.483 e. The Kier molecular flexibility index (Phi) is 5.71.